The lowest BCUT2D eigenvalue weighted by atomic mass is 10.0. The third kappa shape index (κ3) is 8.96. The van der Waals surface area contributed by atoms with Crippen LogP contribution in [-0.4, -0.2) is 50.0 Å². The average Bonchev–Trinajstić information content (AvgIpc) is 3.46. The van der Waals surface area contributed by atoms with Gasteiger partial charge in [0.2, 0.25) is 21.8 Å². The molecule has 4 rings (SSSR count). The minimum atomic E-state index is -4.72. The van der Waals surface area contributed by atoms with E-state index in [1.807, 2.05) is 30.3 Å². The quantitative estimate of drug-likeness (QED) is 0.288. The molecular weight excluding hydrogens is 603 g/mol. The Balaban J connectivity index is 1.74. The first-order valence-electron chi connectivity index (χ1n) is 13.8. The number of nitrogens with zero attached hydrogens (tertiary/aromatic N) is 2. The van der Waals surface area contributed by atoms with Crippen molar-refractivity contribution in [3.05, 3.63) is 101 Å². The van der Waals surface area contributed by atoms with Crippen molar-refractivity contribution in [3.8, 4) is 0 Å². The zero-order valence-electron chi connectivity index (χ0n) is 23.6. The second kappa shape index (κ2) is 13.8. The van der Waals surface area contributed by atoms with Crippen LogP contribution in [0.25, 0.3) is 0 Å². The summed E-state index contributed by atoms with van der Waals surface area (Å²) in [7, 11) is -4.22. The van der Waals surface area contributed by atoms with Crippen LogP contribution in [0, 0.1) is 0 Å². The van der Waals surface area contributed by atoms with Crippen molar-refractivity contribution in [1.82, 2.24) is 10.2 Å². The number of sulfonamides is 1. The molecule has 3 aromatic rings. The number of halogens is 4. The summed E-state index contributed by atoms with van der Waals surface area (Å²) >= 11 is 6.21. The summed E-state index contributed by atoms with van der Waals surface area (Å²) in [5.74, 6) is -1.15. The van der Waals surface area contributed by atoms with E-state index in [1.165, 1.54) is 11.0 Å². The van der Waals surface area contributed by atoms with E-state index in [4.69, 9.17) is 11.6 Å². The maximum atomic E-state index is 14.1. The van der Waals surface area contributed by atoms with Gasteiger partial charge < -0.3 is 10.2 Å². The number of hydrogen-bond acceptors (Lipinski definition) is 4. The molecule has 1 aliphatic carbocycles. The number of nitrogens with one attached hydrogen (secondary N) is 1. The van der Waals surface area contributed by atoms with Gasteiger partial charge in [0, 0.05) is 24.0 Å². The third-order valence-electron chi connectivity index (χ3n) is 7.36. The van der Waals surface area contributed by atoms with Crippen molar-refractivity contribution in [1.29, 1.82) is 0 Å². The maximum Gasteiger partial charge on any atom is 0.416 e. The van der Waals surface area contributed by atoms with Crippen LogP contribution in [-0.2, 0) is 38.8 Å². The van der Waals surface area contributed by atoms with Gasteiger partial charge in [0.1, 0.15) is 12.6 Å². The SMILES string of the molecule is CS(=O)(=O)N(CC(=O)N(Cc1cccc(Cl)c1)[C@@H](Cc1ccccc1)C(=O)NC1CCCC1)c1cccc(C(F)(F)F)c1. The lowest BCUT2D eigenvalue weighted by Crippen LogP contribution is -2.54. The highest BCUT2D eigenvalue weighted by atomic mass is 35.5. The number of rotatable bonds is 11. The Bertz CT molecular complexity index is 1530. The van der Waals surface area contributed by atoms with Crippen molar-refractivity contribution < 1.29 is 31.2 Å². The smallest absolute Gasteiger partial charge is 0.352 e. The van der Waals surface area contributed by atoms with E-state index >= 15 is 0 Å². The van der Waals surface area contributed by atoms with Gasteiger partial charge in [-0.3, -0.25) is 13.9 Å². The van der Waals surface area contributed by atoms with Crippen molar-refractivity contribution in [2.75, 3.05) is 17.1 Å². The Kier molecular flexibility index (Phi) is 10.4. The van der Waals surface area contributed by atoms with Gasteiger partial charge in [-0.1, -0.05) is 73.0 Å². The zero-order chi connectivity index (χ0) is 31.2. The van der Waals surface area contributed by atoms with Crippen molar-refractivity contribution in [2.24, 2.45) is 0 Å². The summed E-state index contributed by atoms with van der Waals surface area (Å²) in [6.45, 7) is -0.905. The van der Waals surface area contributed by atoms with Gasteiger partial charge in [0.05, 0.1) is 17.5 Å². The molecule has 1 saturated carbocycles. The molecule has 1 N–H and O–H groups in total. The molecule has 1 atom stereocenters. The Morgan fingerprint density at radius 3 is 2.23 bits per heavy atom. The van der Waals surface area contributed by atoms with Gasteiger partial charge in [0.25, 0.3) is 0 Å². The van der Waals surface area contributed by atoms with E-state index in [0.717, 1.165) is 49.6 Å². The first kappa shape index (κ1) is 32.3. The van der Waals surface area contributed by atoms with Crippen LogP contribution in [0.3, 0.4) is 0 Å². The topological polar surface area (TPSA) is 86.8 Å². The second-order valence-electron chi connectivity index (χ2n) is 10.7. The molecule has 1 aliphatic rings. The first-order chi connectivity index (χ1) is 20.3. The van der Waals surface area contributed by atoms with Gasteiger partial charge in [-0.15, -0.1) is 0 Å². The van der Waals surface area contributed by atoms with Gasteiger partial charge in [0.15, 0.2) is 0 Å². The van der Waals surface area contributed by atoms with E-state index in [-0.39, 0.29) is 24.7 Å². The number of carbonyl (C=O) groups excluding carboxylic acids is 2. The van der Waals surface area contributed by atoms with Crippen LogP contribution in [0.15, 0.2) is 78.9 Å². The van der Waals surface area contributed by atoms with Gasteiger partial charge in [-0.2, -0.15) is 13.2 Å². The minimum Gasteiger partial charge on any atom is -0.352 e. The summed E-state index contributed by atoms with van der Waals surface area (Å²) in [6, 6.07) is 18.5. The number of benzene rings is 3. The molecule has 1 fully saturated rings. The molecule has 0 saturated heterocycles. The Morgan fingerprint density at radius 2 is 1.60 bits per heavy atom. The summed E-state index contributed by atoms with van der Waals surface area (Å²) in [4.78, 5) is 29.2. The largest absolute Gasteiger partial charge is 0.416 e. The van der Waals surface area contributed by atoms with Crippen LogP contribution >= 0.6 is 11.6 Å². The summed E-state index contributed by atoms with van der Waals surface area (Å²) < 4.78 is 66.7. The number of anilines is 1. The number of alkyl halides is 3. The molecule has 0 spiro atoms. The predicted molar refractivity (Wildman–Crippen MR) is 160 cm³/mol. The molecule has 7 nitrogen and oxygen atoms in total. The van der Waals surface area contributed by atoms with E-state index in [0.29, 0.717) is 21.0 Å². The van der Waals surface area contributed by atoms with Crippen LogP contribution in [0.4, 0.5) is 18.9 Å². The average molecular weight is 636 g/mol. The second-order valence-corrected chi connectivity index (χ2v) is 13.0. The van der Waals surface area contributed by atoms with Gasteiger partial charge in [-0.25, -0.2) is 8.42 Å². The zero-order valence-corrected chi connectivity index (χ0v) is 25.1. The summed E-state index contributed by atoms with van der Waals surface area (Å²) in [5.41, 5.74) is -0.00320. The van der Waals surface area contributed by atoms with Crippen LogP contribution in [0.5, 0.6) is 0 Å². The maximum absolute atomic E-state index is 14.1. The normalized spacial score (nSPS) is 14.7. The standard InChI is InChI=1S/C31H33ClF3N3O4S/c1-43(41,42)38(27-16-8-12-24(19-27)31(33,34)35)21-29(39)37(20-23-11-7-13-25(32)17-23)28(18-22-9-3-2-4-10-22)30(40)36-26-14-5-6-15-26/h2-4,7-13,16-17,19,26,28H,5-6,14-15,18,20-21H2,1H3,(H,36,40)/t28-/m0/s1. The molecule has 43 heavy (non-hydrogen) atoms. The number of hydrogen-bond donors (Lipinski definition) is 1. The fourth-order valence-electron chi connectivity index (χ4n) is 5.20. The highest BCUT2D eigenvalue weighted by molar-refractivity contribution is 7.92. The Labute approximate surface area is 254 Å². The Hall–Kier alpha value is -3.57. The number of carbonyl (C=O) groups is 2. The Morgan fingerprint density at radius 1 is 0.953 bits per heavy atom. The molecule has 2 amide bonds. The molecule has 0 unspecified atom stereocenters. The molecular formula is C31H33ClF3N3O4S. The summed E-state index contributed by atoms with van der Waals surface area (Å²) in [5, 5.41) is 3.46. The first-order valence-corrected chi connectivity index (χ1v) is 16.1. The molecule has 0 aromatic heterocycles. The number of amides is 2. The third-order valence-corrected chi connectivity index (χ3v) is 8.73. The molecule has 230 valence electrons. The molecule has 3 aromatic carbocycles. The molecule has 0 aliphatic heterocycles. The molecule has 0 radical (unpaired) electrons. The monoisotopic (exact) mass is 635 g/mol. The minimum absolute atomic E-state index is 0.0495. The van der Waals surface area contributed by atoms with E-state index in [9.17, 15) is 31.2 Å². The molecule has 12 heteroatoms. The van der Waals surface area contributed by atoms with Crippen LogP contribution in [0.1, 0.15) is 42.4 Å². The highest BCUT2D eigenvalue weighted by Gasteiger charge is 2.35. The van der Waals surface area contributed by atoms with E-state index in [1.54, 1.807) is 24.3 Å². The molecule has 0 heterocycles. The van der Waals surface area contributed by atoms with Crippen LogP contribution in [0.2, 0.25) is 5.02 Å². The fourth-order valence-corrected chi connectivity index (χ4v) is 6.26. The van der Waals surface area contributed by atoms with Gasteiger partial charge >= 0.3 is 6.18 Å². The van der Waals surface area contributed by atoms with Crippen molar-refractivity contribution in [3.63, 3.8) is 0 Å². The predicted octanol–water partition coefficient (Wildman–Crippen LogP) is 5.82. The molecule has 0 bridgehead atoms. The highest BCUT2D eigenvalue weighted by Crippen LogP contribution is 2.32. The van der Waals surface area contributed by atoms with Crippen molar-refractivity contribution in [2.45, 2.75) is 56.9 Å². The van der Waals surface area contributed by atoms with E-state index in [2.05, 4.69) is 5.32 Å². The lowest BCUT2D eigenvalue weighted by molar-refractivity contribution is -0.140. The van der Waals surface area contributed by atoms with Gasteiger partial charge in [-0.05, 0) is 54.3 Å². The summed E-state index contributed by atoms with van der Waals surface area (Å²) in [6.07, 6.45) is -0.211. The van der Waals surface area contributed by atoms with Crippen LogP contribution < -0.4 is 9.62 Å². The lowest BCUT2D eigenvalue weighted by Gasteiger charge is -2.34. The van der Waals surface area contributed by atoms with Crippen molar-refractivity contribution >= 4 is 39.1 Å². The fraction of sp³-hybridized carbons (Fsp3) is 0.355. The van der Waals surface area contributed by atoms with E-state index < -0.39 is 46.2 Å².